The Hall–Kier alpha value is -1.96. The largest absolute Gasteiger partial charge is 0.755 e. The maximum Gasteiger partial charge on any atom is 0.174 e. The molecule has 0 bridgehead atoms. The first-order valence-electron chi connectivity index (χ1n) is 7.60. The minimum atomic E-state index is -2.47. The molecule has 1 atom stereocenters. The van der Waals surface area contributed by atoms with Crippen LogP contribution in [0.1, 0.15) is 25.3 Å². The summed E-state index contributed by atoms with van der Waals surface area (Å²) in [6.07, 6.45) is 2.03. The van der Waals surface area contributed by atoms with Gasteiger partial charge in [0.25, 0.3) is 0 Å². The molecule has 0 aliphatic rings. The van der Waals surface area contributed by atoms with Crippen molar-refractivity contribution in [1.82, 2.24) is 0 Å². The Morgan fingerprint density at radius 3 is 2.58 bits per heavy atom. The first-order chi connectivity index (χ1) is 11.6. The van der Waals surface area contributed by atoms with Gasteiger partial charge in [-0.2, -0.15) is 0 Å². The Labute approximate surface area is 149 Å². The SMILES string of the molecule is CCCCNc1cc(C=S)cc(NS(=O)[O-])c1Oc1ccccc1. The van der Waals surface area contributed by atoms with E-state index in [-0.39, 0.29) is 0 Å². The molecule has 2 aromatic carbocycles. The number of benzene rings is 2. The number of ether oxygens (including phenoxy) is 1. The highest BCUT2D eigenvalue weighted by Gasteiger charge is 2.13. The molecule has 0 aromatic heterocycles. The number of thiocarbonyl (C=S) groups is 1. The van der Waals surface area contributed by atoms with E-state index in [4.69, 9.17) is 17.0 Å². The lowest BCUT2D eigenvalue weighted by Gasteiger charge is -2.19. The highest BCUT2D eigenvalue weighted by atomic mass is 32.2. The number of hydrogen-bond acceptors (Lipinski definition) is 5. The van der Waals surface area contributed by atoms with Crippen molar-refractivity contribution in [1.29, 1.82) is 0 Å². The zero-order chi connectivity index (χ0) is 17.4. The second-order valence-corrected chi connectivity index (χ2v) is 6.00. The van der Waals surface area contributed by atoms with Crippen LogP contribution in [0.2, 0.25) is 0 Å². The van der Waals surface area contributed by atoms with Gasteiger partial charge in [0.2, 0.25) is 0 Å². The third-order valence-electron chi connectivity index (χ3n) is 3.25. The molecule has 0 fully saturated rings. The van der Waals surface area contributed by atoms with Crippen LogP contribution in [0.5, 0.6) is 11.5 Å². The second kappa shape index (κ2) is 9.36. The van der Waals surface area contributed by atoms with E-state index < -0.39 is 11.3 Å². The second-order valence-electron chi connectivity index (χ2n) is 5.10. The molecule has 0 aliphatic heterocycles. The summed E-state index contributed by atoms with van der Waals surface area (Å²) in [5.74, 6) is 1.04. The van der Waals surface area contributed by atoms with E-state index >= 15 is 0 Å². The van der Waals surface area contributed by atoms with E-state index in [0.29, 0.717) is 22.9 Å². The fourth-order valence-corrected chi connectivity index (χ4v) is 2.60. The van der Waals surface area contributed by atoms with Crippen LogP contribution >= 0.6 is 12.2 Å². The molecule has 0 saturated carbocycles. The number of nitrogens with one attached hydrogen (secondary N) is 2. The van der Waals surface area contributed by atoms with E-state index in [1.165, 1.54) is 5.37 Å². The topological polar surface area (TPSA) is 73.4 Å². The third kappa shape index (κ3) is 5.30. The number of para-hydroxylation sites is 1. The Morgan fingerprint density at radius 2 is 1.96 bits per heavy atom. The fourth-order valence-electron chi connectivity index (χ4n) is 2.13. The normalized spacial score (nSPS) is 11.6. The molecule has 0 saturated heterocycles. The maximum atomic E-state index is 11.1. The summed E-state index contributed by atoms with van der Waals surface area (Å²) in [5, 5.41) is 4.79. The molecule has 0 aliphatic carbocycles. The molecule has 7 heteroatoms. The van der Waals surface area contributed by atoms with Crippen LogP contribution in [-0.2, 0) is 11.3 Å². The van der Waals surface area contributed by atoms with Crippen molar-refractivity contribution in [3.63, 3.8) is 0 Å². The highest BCUT2D eigenvalue weighted by molar-refractivity contribution is 7.80. The lowest BCUT2D eigenvalue weighted by atomic mass is 10.1. The zero-order valence-electron chi connectivity index (χ0n) is 13.3. The minimum Gasteiger partial charge on any atom is -0.755 e. The van der Waals surface area contributed by atoms with Crippen LogP contribution in [0.15, 0.2) is 42.5 Å². The summed E-state index contributed by atoms with van der Waals surface area (Å²) in [4.78, 5) is 0. The van der Waals surface area contributed by atoms with Gasteiger partial charge in [-0.3, -0.25) is 4.21 Å². The molecule has 128 valence electrons. The molecule has 0 spiro atoms. The number of unbranched alkanes of at least 4 members (excludes halogenated alkanes) is 1. The molecule has 2 N–H and O–H groups in total. The summed E-state index contributed by atoms with van der Waals surface area (Å²) >= 11 is 2.52. The lowest BCUT2D eigenvalue weighted by Crippen LogP contribution is -2.08. The Morgan fingerprint density at radius 1 is 1.25 bits per heavy atom. The summed E-state index contributed by atoms with van der Waals surface area (Å²) in [6.45, 7) is 2.85. The summed E-state index contributed by atoms with van der Waals surface area (Å²) in [6, 6.07) is 12.7. The monoisotopic (exact) mass is 363 g/mol. The number of anilines is 2. The van der Waals surface area contributed by atoms with Crippen molar-refractivity contribution in [3.8, 4) is 11.5 Å². The van der Waals surface area contributed by atoms with Gasteiger partial charge in [-0.15, -0.1) is 0 Å². The molecule has 1 unspecified atom stereocenters. The molecular formula is C17H19N2O3S2-. The predicted octanol–water partition coefficient (Wildman–Crippen LogP) is 4.24. The Kier molecular flexibility index (Phi) is 7.17. The van der Waals surface area contributed by atoms with E-state index in [1.807, 2.05) is 24.3 Å². The van der Waals surface area contributed by atoms with Crippen LogP contribution in [0.3, 0.4) is 0 Å². The third-order valence-corrected chi connectivity index (χ3v) is 3.91. The van der Waals surface area contributed by atoms with Gasteiger partial charge in [-0.1, -0.05) is 43.8 Å². The van der Waals surface area contributed by atoms with Gasteiger partial charge >= 0.3 is 0 Å². The molecule has 0 amide bonds. The van der Waals surface area contributed by atoms with Crippen LogP contribution in [0, 0.1) is 0 Å². The van der Waals surface area contributed by atoms with Crippen molar-refractivity contribution in [2.24, 2.45) is 0 Å². The van der Waals surface area contributed by atoms with E-state index in [1.54, 1.807) is 18.2 Å². The van der Waals surface area contributed by atoms with Crippen molar-refractivity contribution < 1.29 is 13.5 Å². The predicted molar refractivity (Wildman–Crippen MR) is 102 cm³/mol. The lowest BCUT2D eigenvalue weighted by molar-refractivity contribution is 0.486. The van der Waals surface area contributed by atoms with Gasteiger partial charge in [0.15, 0.2) is 5.75 Å². The van der Waals surface area contributed by atoms with Gasteiger partial charge in [0, 0.05) is 23.2 Å². The summed E-state index contributed by atoms with van der Waals surface area (Å²) < 4.78 is 30.6. The summed E-state index contributed by atoms with van der Waals surface area (Å²) in [5.41, 5.74) is 1.75. The summed E-state index contributed by atoms with van der Waals surface area (Å²) in [7, 11) is 0. The van der Waals surface area contributed by atoms with Gasteiger partial charge in [0.05, 0.1) is 11.4 Å². The average Bonchev–Trinajstić information content (AvgIpc) is 2.57. The van der Waals surface area contributed by atoms with Crippen molar-refractivity contribution in [2.75, 3.05) is 16.6 Å². The smallest absolute Gasteiger partial charge is 0.174 e. The zero-order valence-corrected chi connectivity index (χ0v) is 14.9. The van der Waals surface area contributed by atoms with Crippen molar-refractivity contribution in [2.45, 2.75) is 19.8 Å². The fraction of sp³-hybridized carbons (Fsp3) is 0.235. The van der Waals surface area contributed by atoms with Crippen LogP contribution in [-0.4, -0.2) is 20.7 Å². The van der Waals surface area contributed by atoms with Gasteiger partial charge in [-0.25, -0.2) is 0 Å². The number of hydrogen-bond donors (Lipinski definition) is 2. The van der Waals surface area contributed by atoms with Gasteiger partial charge in [0.1, 0.15) is 5.75 Å². The molecule has 0 heterocycles. The van der Waals surface area contributed by atoms with Crippen LogP contribution in [0.4, 0.5) is 11.4 Å². The molecule has 2 rings (SSSR count). The highest BCUT2D eigenvalue weighted by Crippen LogP contribution is 2.38. The van der Waals surface area contributed by atoms with Gasteiger partial charge in [-0.05, 0) is 36.2 Å². The van der Waals surface area contributed by atoms with E-state index in [0.717, 1.165) is 24.9 Å². The standard InChI is InChI=1S/C17H20N2O3S2/c1-2-3-9-18-15-10-13(12-23)11-16(19-24(20)21)17(15)22-14-7-5-4-6-8-14/h4-8,10-12,18-19H,2-3,9H2,1H3,(H,20,21)/p-1. The first kappa shape index (κ1) is 18.4. The number of rotatable bonds is 9. The Bertz CT molecular complexity index is 708. The van der Waals surface area contributed by atoms with E-state index in [9.17, 15) is 8.76 Å². The molecule has 5 nitrogen and oxygen atoms in total. The molecular weight excluding hydrogens is 344 g/mol. The minimum absolute atomic E-state index is 0.338. The van der Waals surface area contributed by atoms with Gasteiger partial charge < -0.3 is 19.3 Å². The van der Waals surface area contributed by atoms with Crippen LogP contribution in [0.25, 0.3) is 0 Å². The van der Waals surface area contributed by atoms with Crippen molar-refractivity contribution in [3.05, 3.63) is 48.0 Å². The molecule has 2 aromatic rings. The maximum absolute atomic E-state index is 11.1. The Balaban J connectivity index is 2.43. The van der Waals surface area contributed by atoms with Crippen LogP contribution < -0.4 is 14.8 Å². The average molecular weight is 363 g/mol. The molecule has 24 heavy (non-hydrogen) atoms. The van der Waals surface area contributed by atoms with E-state index in [2.05, 4.69) is 17.0 Å². The quantitative estimate of drug-likeness (QED) is 0.396. The first-order valence-corrected chi connectivity index (χ1v) is 9.14. The molecule has 0 radical (unpaired) electrons. The van der Waals surface area contributed by atoms with Crippen molar-refractivity contribution >= 4 is 40.2 Å².